The van der Waals surface area contributed by atoms with Gasteiger partial charge in [-0.25, -0.2) is 4.99 Å². The molecule has 182 valence electrons. The summed E-state index contributed by atoms with van der Waals surface area (Å²) in [5, 5.41) is 7.48. The van der Waals surface area contributed by atoms with Crippen molar-refractivity contribution in [2.75, 3.05) is 22.9 Å². The molecule has 1 unspecified atom stereocenters. The Labute approximate surface area is 219 Å². The summed E-state index contributed by atoms with van der Waals surface area (Å²) in [4.78, 5) is 33.1. The number of fused-ring (bicyclic) bond motifs is 1. The molecular weight excluding hydrogens is 492 g/mol. The summed E-state index contributed by atoms with van der Waals surface area (Å²) in [6.07, 6.45) is 1.02. The molecule has 0 aromatic heterocycles. The first kappa shape index (κ1) is 24.2. The number of carbonyl (C=O) groups excluding carboxylic acids is 2. The molecular formula is C28H25ClN4O2S. The van der Waals surface area contributed by atoms with Crippen molar-refractivity contribution in [3.05, 3.63) is 106 Å². The summed E-state index contributed by atoms with van der Waals surface area (Å²) in [6, 6.07) is 23.6. The lowest BCUT2D eigenvalue weighted by molar-refractivity contribution is -0.113. The van der Waals surface area contributed by atoms with Crippen molar-refractivity contribution in [2.45, 2.75) is 19.4 Å². The number of aliphatic imine (C=N–C) groups is 1. The number of carbonyl (C=O) groups is 2. The van der Waals surface area contributed by atoms with Gasteiger partial charge < -0.3 is 15.5 Å². The van der Waals surface area contributed by atoms with Gasteiger partial charge in [-0.2, -0.15) is 0 Å². The Bertz CT molecular complexity index is 1340. The number of hydrogen-bond acceptors (Lipinski definition) is 5. The lowest BCUT2D eigenvalue weighted by atomic mass is 9.93. The second kappa shape index (κ2) is 10.6. The average molecular weight is 517 g/mol. The number of nitrogens with one attached hydrogen (secondary N) is 2. The number of amidine groups is 1. The van der Waals surface area contributed by atoms with Gasteiger partial charge in [-0.1, -0.05) is 53.7 Å². The van der Waals surface area contributed by atoms with E-state index in [4.69, 9.17) is 16.6 Å². The van der Waals surface area contributed by atoms with Crippen molar-refractivity contribution in [1.29, 1.82) is 0 Å². The summed E-state index contributed by atoms with van der Waals surface area (Å²) in [6.45, 7) is 2.72. The Hall–Kier alpha value is -3.55. The third-order valence-electron chi connectivity index (χ3n) is 6.13. The molecule has 0 aliphatic carbocycles. The van der Waals surface area contributed by atoms with Gasteiger partial charge in [-0.15, -0.1) is 0 Å². The van der Waals surface area contributed by atoms with Crippen LogP contribution in [0.15, 0.2) is 95.1 Å². The summed E-state index contributed by atoms with van der Waals surface area (Å²) in [5.41, 5.74) is 4.25. The zero-order valence-electron chi connectivity index (χ0n) is 19.7. The molecule has 5 rings (SSSR count). The molecule has 36 heavy (non-hydrogen) atoms. The van der Waals surface area contributed by atoms with Crippen molar-refractivity contribution in [1.82, 2.24) is 4.90 Å². The number of rotatable bonds is 5. The van der Waals surface area contributed by atoms with Crippen LogP contribution in [0.4, 0.5) is 11.4 Å². The van der Waals surface area contributed by atoms with Gasteiger partial charge in [0.05, 0.1) is 17.3 Å². The molecule has 0 bridgehead atoms. The summed E-state index contributed by atoms with van der Waals surface area (Å²) < 4.78 is 0. The molecule has 2 aliphatic rings. The van der Waals surface area contributed by atoms with Gasteiger partial charge in [0.25, 0.3) is 11.8 Å². The molecule has 1 saturated heterocycles. The van der Waals surface area contributed by atoms with E-state index in [9.17, 15) is 9.59 Å². The lowest BCUT2D eigenvalue weighted by Gasteiger charge is -2.40. The van der Waals surface area contributed by atoms with Crippen molar-refractivity contribution in [3.8, 4) is 0 Å². The number of nitrogens with zero attached hydrogens (tertiary/aromatic N) is 2. The Balaban J connectivity index is 1.42. The Kier molecular flexibility index (Phi) is 7.11. The van der Waals surface area contributed by atoms with E-state index in [-0.39, 0.29) is 17.9 Å². The van der Waals surface area contributed by atoms with Gasteiger partial charge >= 0.3 is 0 Å². The normalized spacial score (nSPS) is 17.2. The van der Waals surface area contributed by atoms with Crippen LogP contribution in [0.5, 0.6) is 0 Å². The number of para-hydroxylation sites is 1. The zero-order chi connectivity index (χ0) is 25.1. The van der Waals surface area contributed by atoms with Crippen LogP contribution in [0, 0.1) is 0 Å². The second-order valence-electron chi connectivity index (χ2n) is 8.59. The molecule has 2 N–H and O–H groups in total. The number of anilines is 2. The Morgan fingerprint density at radius 2 is 1.58 bits per heavy atom. The van der Waals surface area contributed by atoms with Gasteiger partial charge in [-0.05, 0) is 67.4 Å². The minimum Gasteiger partial charge on any atom is -0.340 e. The predicted octanol–water partition coefficient (Wildman–Crippen LogP) is 6.35. The molecule has 1 fully saturated rings. The third kappa shape index (κ3) is 5.17. The molecule has 3 aromatic rings. The highest BCUT2D eigenvalue weighted by atomic mass is 35.5. The quantitative estimate of drug-likeness (QED) is 0.414. The van der Waals surface area contributed by atoms with E-state index in [2.05, 4.69) is 15.5 Å². The monoisotopic (exact) mass is 516 g/mol. The minimum absolute atomic E-state index is 0.165. The summed E-state index contributed by atoms with van der Waals surface area (Å²) in [7, 11) is 0. The fraction of sp³-hybridized carbons (Fsp3) is 0.179. The largest absolute Gasteiger partial charge is 0.340 e. The van der Waals surface area contributed by atoms with Crippen molar-refractivity contribution < 1.29 is 9.59 Å². The molecule has 0 radical (unpaired) electrons. The summed E-state index contributed by atoms with van der Waals surface area (Å²) in [5.74, 6) is 0.635. The van der Waals surface area contributed by atoms with Gasteiger partial charge in [0.1, 0.15) is 0 Å². The average Bonchev–Trinajstić information content (AvgIpc) is 2.89. The molecule has 1 atom stereocenters. The first-order chi connectivity index (χ1) is 17.5. The van der Waals surface area contributed by atoms with Gasteiger partial charge in [0, 0.05) is 34.3 Å². The van der Waals surface area contributed by atoms with Gasteiger partial charge in [0.15, 0.2) is 5.17 Å². The third-order valence-corrected chi connectivity index (χ3v) is 7.45. The van der Waals surface area contributed by atoms with Crippen LogP contribution in [0.2, 0.25) is 5.02 Å². The fourth-order valence-corrected chi connectivity index (χ4v) is 5.52. The highest BCUT2D eigenvalue weighted by Gasteiger charge is 2.37. The smallest absolute Gasteiger partial charge is 0.255 e. The maximum atomic E-state index is 13.5. The van der Waals surface area contributed by atoms with Crippen LogP contribution in [0.25, 0.3) is 0 Å². The maximum absolute atomic E-state index is 13.5. The van der Waals surface area contributed by atoms with Crippen LogP contribution in [0.3, 0.4) is 0 Å². The van der Waals surface area contributed by atoms with E-state index in [1.165, 1.54) is 0 Å². The predicted molar refractivity (Wildman–Crippen MR) is 148 cm³/mol. The van der Waals surface area contributed by atoms with Crippen LogP contribution >= 0.6 is 23.4 Å². The number of allylic oxidation sites excluding steroid dienone is 1. The zero-order valence-corrected chi connectivity index (χ0v) is 21.3. The first-order valence-electron chi connectivity index (χ1n) is 11.7. The topological polar surface area (TPSA) is 73.8 Å². The molecule has 2 amide bonds. The van der Waals surface area contributed by atoms with Crippen molar-refractivity contribution in [3.63, 3.8) is 0 Å². The van der Waals surface area contributed by atoms with Crippen LogP contribution in [0.1, 0.15) is 35.3 Å². The fourth-order valence-electron chi connectivity index (χ4n) is 4.38. The van der Waals surface area contributed by atoms with E-state index in [1.54, 1.807) is 36.0 Å². The van der Waals surface area contributed by atoms with Gasteiger partial charge in [0.2, 0.25) is 0 Å². The summed E-state index contributed by atoms with van der Waals surface area (Å²) >= 11 is 7.65. The van der Waals surface area contributed by atoms with E-state index < -0.39 is 0 Å². The molecule has 0 spiro atoms. The lowest BCUT2D eigenvalue weighted by Crippen LogP contribution is -2.43. The first-order valence-corrected chi connectivity index (χ1v) is 13.1. The molecule has 0 saturated carbocycles. The molecule has 8 heteroatoms. The SMILES string of the molecule is CC1=C(C(=O)Nc2ccccc2)C(c2ccc(NC(=O)c3ccc(Cl)cc3)cc2)N2CCCSC2=N1. The van der Waals surface area contributed by atoms with E-state index in [1.807, 2.05) is 61.5 Å². The van der Waals surface area contributed by atoms with Crippen LogP contribution in [-0.2, 0) is 4.79 Å². The standard InChI is InChI=1S/C28H25ClN4O2S/c1-18-24(27(35)32-22-6-3-2-4-7-22)25(33-16-5-17-36-28(33)30-18)19-10-14-23(15-11-19)31-26(34)20-8-12-21(29)13-9-20/h2-4,6-15,25H,5,16-17H2,1H3,(H,31,34)(H,32,35). The van der Waals surface area contributed by atoms with Crippen LogP contribution < -0.4 is 10.6 Å². The number of hydrogen-bond donors (Lipinski definition) is 2. The minimum atomic E-state index is -0.268. The number of benzene rings is 3. The van der Waals surface area contributed by atoms with Crippen molar-refractivity contribution >= 4 is 51.7 Å². The van der Waals surface area contributed by atoms with E-state index >= 15 is 0 Å². The van der Waals surface area contributed by atoms with Crippen LogP contribution in [-0.4, -0.2) is 34.2 Å². The number of thioether (sulfide) groups is 1. The molecule has 2 heterocycles. The highest BCUT2D eigenvalue weighted by Crippen LogP contribution is 2.40. The van der Waals surface area contributed by atoms with Gasteiger partial charge in [-0.3, -0.25) is 9.59 Å². The number of amides is 2. The Morgan fingerprint density at radius 1 is 0.917 bits per heavy atom. The number of halogens is 1. The Morgan fingerprint density at radius 3 is 2.31 bits per heavy atom. The second-order valence-corrected chi connectivity index (χ2v) is 10.1. The van der Waals surface area contributed by atoms with Crippen molar-refractivity contribution in [2.24, 2.45) is 4.99 Å². The maximum Gasteiger partial charge on any atom is 0.255 e. The molecule has 6 nitrogen and oxygen atoms in total. The molecule has 2 aliphatic heterocycles. The van der Waals surface area contributed by atoms with E-state index in [0.717, 1.165) is 35.1 Å². The van der Waals surface area contributed by atoms with E-state index in [0.29, 0.717) is 27.5 Å². The molecule has 3 aromatic carbocycles. The highest BCUT2D eigenvalue weighted by molar-refractivity contribution is 8.13.